The first-order valence-electron chi connectivity index (χ1n) is 3.95. The van der Waals surface area contributed by atoms with Gasteiger partial charge in [-0.15, -0.1) is 0 Å². The average molecular weight is 199 g/mol. The summed E-state index contributed by atoms with van der Waals surface area (Å²) in [6.07, 6.45) is 2.39. The number of ether oxygens (including phenoxy) is 1. The molecule has 14 heavy (non-hydrogen) atoms. The summed E-state index contributed by atoms with van der Waals surface area (Å²) in [7, 11) is 0. The maximum atomic E-state index is 11.0. The van der Waals surface area contributed by atoms with E-state index in [1.807, 2.05) is 0 Å². The fourth-order valence-electron chi connectivity index (χ4n) is 0.885. The SMILES string of the molecule is CCOC(=O)Cn1cnc([N+](=O)[O-])c1. The zero-order valence-corrected chi connectivity index (χ0v) is 7.54. The summed E-state index contributed by atoms with van der Waals surface area (Å²) in [5.74, 6) is -0.728. The number of carbonyl (C=O) groups is 1. The summed E-state index contributed by atoms with van der Waals surface area (Å²) in [6.45, 7) is 1.92. The Balaban J connectivity index is 2.59. The lowest BCUT2D eigenvalue weighted by Crippen LogP contribution is -2.11. The van der Waals surface area contributed by atoms with E-state index in [0.717, 1.165) is 0 Å². The molecule has 0 fully saturated rings. The van der Waals surface area contributed by atoms with Crippen molar-refractivity contribution in [3.05, 3.63) is 22.6 Å². The van der Waals surface area contributed by atoms with Crippen LogP contribution in [0.1, 0.15) is 6.92 Å². The monoisotopic (exact) mass is 199 g/mol. The van der Waals surface area contributed by atoms with Crippen LogP contribution in [0, 0.1) is 10.1 Å². The molecule has 0 N–H and O–H groups in total. The van der Waals surface area contributed by atoms with Crippen LogP contribution >= 0.6 is 0 Å². The molecule has 0 amide bonds. The normalized spacial score (nSPS) is 9.79. The van der Waals surface area contributed by atoms with Crippen LogP contribution in [0.2, 0.25) is 0 Å². The summed E-state index contributed by atoms with van der Waals surface area (Å²) < 4.78 is 5.96. The number of carbonyl (C=O) groups excluding carboxylic acids is 1. The standard InChI is InChI=1S/C7H9N3O4/c1-2-14-7(11)4-9-3-6(8-5-9)10(12)13/h3,5H,2,4H2,1H3. The lowest BCUT2D eigenvalue weighted by atomic mass is 10.6. The Kier molecular flexibility index (Phi) is 3.16. The first-order valence-corrected chi connectivity index (χ1v) is 3.95. The minimum atomic E-state index is -0.623. The Morgan fingerprint density at radius 3 is 3.00 bits per heavy atom. The molecule has 76 valence electrons. The second-order valence-corrected chi connectivity index (χ2v) is 2.47. The molecule has 7 nitrogen and oxygen atoms in total. The molecule has 0 atom stereocenters. The van der Waals surface area contributed by atoms with Crippen molar-refractivity contribution >= 4 is 11.8 Å². The number of imidazole rings is 1. The van der Waals surface area contributed by atoms with Crippen LogP contribution < -0.4 is 0 Å². The molecule has 0 saturated carbocycles. The fourth-order valence-corrected chi connectivity index (χ4v) is 0.885. The highest BCUT2D eigenvalue weighted by atomic mass is 16.6. The molecular weight excluding hydrogens is 190 g/mol. The predicted octanol–water partition coefficient (Wildman–Crippen LogP) is 0.354. The van der Waals surface area contributed by atoms with Crippen LogP contribution in [-0.2, 0) is 16.1 Å². The lowest BCUT2D eigenvalue weighted by molar-refractivity contribution is -0.389. The van der Waals surface area contributed by atoms with Gasteiger partial charge in [0.1, 0.15) is 12.7 Å². The number of esters is 1. The molecule has 0 aliphatic rings. The summed E-state index contributed by atoms with van der Waals surface area (Å²) in [5.41, 5.74) is 0. The number of aromatic nitrogens is 2. The molecule has 1 aromatic heterocycles. The zero-order valence-electron chi connectivity index (χ0n) is 7.54. The van der Waals surface area contributed by atoms with E-state index < -0.39 is 10.9 Å². The van der Waals surface area contributed by atoms with E-state index >= 15 is 0 Å². The Labute approximate surface area is 79.5 Å². The van der Waals surface area contributed by atoms with E-state index in [2.05, 4.69) is 9.72 Å². The molecule has 0 aliphatic heterocycles. The molecule has 7 heteroatoms. The number of hydrogen-bond acceptors (Lipinski definition) is 5. The fraction of sp³-hybridized carbons (Fsp3) is 0.429. The first kappa shape index (κ1) is 10.2. The molecule has 1 aromatic rings. The minimum absolute atomic E-state index is 0.0608. The lowest BCUT2D eigenvalue weighted by Gasteiger charge is -1.99. The van der Waals surface area contributed by atoms with Gasteiger partial charge >= 0.3 is 11.8 Å². The van der Waals surface area contributed by atoms with Crippen LogP contribution in [0.5, 0.6) is 0 Å². The van der Waals surface area contributed by atoms with Crippen molar-refractivity contribution in [2.45, 2.75) is 13.5 Å². The Morgan fingerprint density at radius 1 is 1.79 bits per heavy atom. The van der Waals surface area contributed by atoms with Gasteiger partial charge in [-0.1, -0.05) is 0 Å². The van der Waals surface area contributed by atoms with Crippen molar-refractivity contribution in [1.82, 2.24) is 9.55 Å². The molecule has 0 aromatic carbocycles. The second-order valence-electron chi connectivity index (χ2n) is 2.47. The molecule has 1 heterocycles. The van der Waals surface area contributed by atoms with Crippen molar-refractivity contribution in [1.29, 1.82) is 0 Å². The summed E-state index contributed by atoms with van der Waals surface area (Å²) >= 11 is 0. The molecule has 0 saturated heterocycles. The number of hydrogen-bond donors (Lipinski definition) is 0. The third-order valence-electron chi connectivity index (χ3n) is 1.42. The van der Waals surface area contributed by atoms with Gasteiger partial charge in [-0.2, -0.15) is 0 Å². The zero-order chi connectivity index (χ0) is 10.6. The van der Waals surface area contributed by atoms with Gasteiger partial charge in [0, 0.05) is 0 Å². The highest BCUT2D eigenvalue weighted by Crippen LogP contribution is 2.05. The van der Waals surface area contributed by atoms with Crippen LogP contribution in [0.25, 0.3) is 0 Å². The topological polar surface area (TPSA) is 87.3 Å². The largest absolute Gasteiger partial charge is 0.465 e. The third kappa shape index (κ3) is 2.54. The molecule has 0 spiro atoms. The predicted molar refractivity (Wildman–Crippen MR) is 45.5 cm³/mol. The smallest absolute Gasteiger partial charge is 0.381 e. The minimum Gasteiger partial charge on any atom is -0.465 e. The second kappa shape index (κ2) is 4.35. The number of nitrogens with zero attached hydrogens (tertiary/aromatic N) is 3. The molecular formula is C7H9N3O4. The Hall–Kier alpha value is -1.92. The number of nitro groups is 1. The van der Waals surface area contributed by atoms with Crippen molar-refractivity contribution in [2.24, 2.45) is 0 Å². The first-order chi connectivity index (χ1) is 6.63. The van der Waals surface area contributed by atoms with Gasteiger partial charge in [-0.05, 0) is 16.8 Å². The summed E-state index contributed by atoms with van der Waals surface area (Å²) in [5, 5.41) is 10.2. The van der Waals surface area contributed by atoms with Crippen molar-refractivity contribution in [3.8, 4) is 0 Å². The van der Waals surface area contributed by atoms with E-state index in [1.54, 1.807) is 6.92 Å². The maximum Gasteiger partial charge on any atom is 0.381 e. The number of rotatable bonds is 4. The van der Waals surface area contributed by atoms with Gasteiger partial charge in [0.15, 0.2) is 0 Å². The summed E-state index contributed by atoms with van der Waals surface area (Å²) in [4.78, 5) is 24.1. The van der Waals surface area contributed by atoms with Crippen LogP contribution in [-0.4, -0.2) is 27.1 Å². The van der Waals surface area contributed by atoms with Crippen LogP contribution in [0.15, 0.2) is 12.5 Å². The van der Waals surface area contributed by atoms with E-state index in [-0.39, 0.29) is 19.0 Å². The maximum absolute atomic E-state index is 11.0. The van der Waals surface area contributed by atoms with Gasteiger partial charge in [-0.3, -0.25) is 9.36 Å². The van der Waals surface area contributed by atoms with Gasteiger partial charge in [-0.25, -0.2) is 0 Å². The van der Waals surface area contributed by atoms with Crippen LogP contribution in [0.4, 0.5) is 5.82 Å². The van der Waals surface area contributed by atoms with Crippen molar-refractivity contribution in [3.63, 3.8) is 0 Å². The Bertz CT molecular complexity index is 346. The van der Waals surface area contributed by atoms with Crippen molar-refractivity contribution < 1.29 is 14.5 Å². The van der Waals surface area contributed by atoms with E-state index in [4.69, 9.17) is 0 Å². The third-order valence-corrected chi connectivity index (χ3v) is 1.42. The molecule has 0 unspecified atom stereocenters. The highest BCUT2D eigenvalue weighted by molar-refractivity contribution is 5.69. The quantitative estimate of drug-likeness (QED) is 0.396. The average Bonchev–Trinajstić information content (AvgIpc) is 2.53. The molecule has 0 aliphatic carbocycles. The Morgan fingerprint density at radius 2 is 2.50 bits per heavy atom. The molecule has 1 rings (SSSR count). The summed E-state index contributed by atoms with van der Waals surface area (Å²) in [6, 6.07) is 0. The van der Waals surface area contributed by atoms with Crippen LogP contribution in [0.3, 0.4) is 0 Å². The van der Waals surface area contributed by atoms with Gasteiger partial charge in [0.05, 0.1) is 6.61 Å². The van der Waals surface area contributed by atoms with Gasteiger partial charge in [0.25, 0.3) is 0 Å². The van der Waals surface area contributed by atoms with E-state index in [1.165, 1.54) is 17.1 Å². The molecule has 0 bridgehead atoms. The van der Waals surface area contributed by atoms with Crippen molar-refractivity contribution in [2.75, 3.05) is 6.61 Å². The van der Waals surface area contributed by atoms with E-state index in [0.29, 0.717) is 0 Å². The molecule has 0 radical (unpaired) electrons. The van der Waals surface area contributed by atoms with E-state index in [9.17, 15) is 14.9 Å². The van der Waals surface area contributed by atoms with Gasteiger partial charge < -0.3 is 14.9 Å². The highest BCUT2D eigenvalue weighted by Gasteiger charge is 2.11. The van der Waals surface area contributed by atoms with Gasteiger partial charge in [0.2, 0.25) is 6.33 Å².